The largest absolute Gasteiger partial charge is 0.457 e. The third-order valence-electron chi connectivity index (χ3n) is 4.39. The molecule has 2 amide bonds. The molecular formula is C20H15Cl3N2O5. The normalized spacial score (nSPS) is 15.8. The van der Waals surface area contributed by atoms with Crippen LogP contribution < -0.4 is 5.43 Å². The number of amides is 2. The van der Waals surface area contributed by atoms with Crippen molar-refractivity contribution in [2.75, 3.05) is 13.2 Å². The summed E-state index contributed by atoms with van der Waals surface area (Å²) >= 11 is 17.5. The standard InChI is InChI=1S/C20H15Cl3N2O5/c21-14-4-1-11(2-5-14)17(26)10-30-20(29)13-8-18(27)25(9-13)24-19(28)12-3-6-15(22)16(23)7-12/h1-7,13H,8-10H2,(H,24,28)/t13-/m0/s1. The van der Waals surface area contributed by atoms with Crippen LogP contribution in [0.2, 0.25) is 15.1 Å². The molecule has 1 aliphatic heterocycles. The number of hydrogen-bond donors (Lipinski definition) is 1. The maximum atomic E-state index is 12.3. The highest BCUT2D eigenvalue weighted by molar-refractivity contribution is 6.42. The monoisotopic (exact) mass is 468 g/mol. The number of nitrogens with zero attached hydrogens (tertiary/aromatic N) is 1. The van der Waals surface area contributed by atoms with Crippen molar-refractivity contribution in [1.29, 1.82) is 0 Å². The highest BCUT2D eigenvalue weighted by atomic mass is 35.5. The van der Waals surface area contributed by atoms with Gasteiger partial charge in [0.2, 0.25) is 5.91 Å². The van der Waals surface area contributed by atoms with E-state index in [4.69, 9.17) is 39.5 Å². The molecule has 1 fully saturated rings. The zero-order valence-electron chi connectivity index (χ0n) is 15.4. The highest BCUT2D eigenvalue weighted by Crippen LogP contribution is 2.23. The second kappa shape index (κ2) is 9.47. The second-order valence-electron chi connectivity index (χ2n) is 6.51. The van der Waals surface area contributed by atoms with E-state index in [9.17, 15) is 19.2 Å². The maximum absolute atomic E-state index is 12.3. The molecule has 3 rings (SSSR count). The predicted octanol–water partition coefficient (Wildman–Crippen LogP) is 3.57. The van der Waals surface area contributed by atoms with Gasteiger partial charge in [0.1, 0.15) is 0 Å². The van der Waals surface area contributed by atoms with Gasteiger partial charge in [0.25, 0.3) is 5.91 Å². The van der Waals surface area contributed by atoms with E-state index in [1.54, 1.807) is 12.1 Å². The van der Waals surface area contributed by atoms with E-state index < -0.39 is 36.1 Å². The van der Waals surface area contributed by atoms with E-state index >= 15 is 0 Å². The lowest BCUT2D eigenvalue weighted by Gasteiger charge is -2.17. The second-order valence-corrected chi connectivity index (χ2v) is 7.76. The molecule has 30 heavy (non-hydrogen) atoms. The van der Waals surface area contributed by atoms with Crippen molar-refractivity contribution in [2.45, 2.75) is 6.42 Å². The topological polar surface area (TPSA) is 92.8 Å². The maximum Gasteiger partial charge on any atom is 0.311 e. The molecule has 2 aromatic carbocycles. The molecular weight excluding hydrogens is 455 g/mol. The molecule has 1 heterocycles. The Morgan fingerprint density at radius 1 is 1.00 bits per heavy atom. The molecule has 1 N–H and O–H groups in total. The first kappa shape index (κ1) is 22.1. The van der Waals surface area contributed by atoms with Gasteiger partial charge in [-0.05, 0) is 42.5 Å². The Morgan fingerprint density at radius 3 is 2.33 bits per heavy atom. The number of rotatable bonds is 6. The summed E-state index contributed by atoms with van der Waals surface area (Å²) in [6.07, 6.45) is -0.143. The van der Waals surface area contributed by atoms with Crippen molar-refractivity contribution in [3.05, 3.63) is 68.7 Å². The number of halogens is 3. The van der Waals surface area contributed by atoms with Gasteiger partial charge in [0, 0.05) is 22.6 Å². The number of ether oxygens (including phenoxy) is 1. The third-order valence-corrected chi connectivity index (χ3v) is 5.38. The molecule has 1 saturated heterocycles. The fraction of sp³-hybridized carbons (Fsp3) is 0.200. The quantitative estimate of drug-likeness (QED) is 0.516. The van der Waals surface area contributed by atoms with E-state index in [1.807, 2.05) is 0 Å². The number of hydrogen-bond acceptors (Lipinski definition) is 5. The number of nitrogens with one attached hydrogen (secondary N) is 1. The summed E-state index contributed by atoms with van der Waals surface area (Å²) in [6.45, 7) is -0.527. The van der Waals surface area contributed by atoms with Crippen LogP contribution in [-0.4, -0.2) is 41.7 Å². The van der Waals surface area contributed by atoms with Crippen LogP contribution in [0.4, 0.5) is 0 Å². The minimum Gasteiger partial charge on any atom is -0.457 e. The van der Waals surface area contributed by atoms with E-state index in [1.165, 1.54) is 30.3 Å². The lowest BCUT2D eigenvalue weighted by Crippen LogP contribution is -2.43. The fourth-order valence-electron chi connectivity index (χ4n) is 2.77. The van der Waals surface area contributed by atoms with Gasteiger partial charge in [-0.15, -0.1) is 0 Å². The molecule has 0 saturated carbocycles. The molecule has 1 atom stereocenters. The number of Topliss-reactive ketones (excluding diaryl/α,β-unsaturated/α-hetero) is 1. The number of esters is 1. The highest BCUT2D eigenvalue weighted by Gasteiger charge is 2.36. The van der Waals surface area contributed by atoms with Crippen LogP contribution in [0.1, 0.15) is 27.1 Å². The Morgan fingerprint density at radius 2 is 1.67 bits per heavy atom. The fourth-order valence-corrected chi connectivity index (χ4v) is 3.20. The Bertz CT molecular complexity index is 1010. The molecule has 0 aliphatic carbocycles. The lowest BCUT2D eigenvalue weighted by atomic mass is 10.1. The van der Waals surface area contributed by atoms with Crippen molar-refractivity contribution in [1.82, 2.24) is 10.4 Å². The van der Waals surface area contributed by atoms with Crippen LogP contribution in [-0.2, 0) is 14.3 Å². The first-order valence-corrected chi connectivity index (χ1v) is 9.90. The van der Waals surface area contributed by atoms with E-state index in [-0.39, 0.29) is 23.6 Å². The van der Waals surface area contributed by atoms with Crippen molar-refractivity contribution in [3.63, 3.8) is 0 Å². The molecule has 10 heteroatoms. The summed E-state index contributed by atoms with van der Waals surface area (Å²) in [5.41, 5.74) is 2.99. The molecule has 1 aliphatic rings. The average Bonchev–Trinajstić information content (AvgIpc) is 3.08. The minimum absolute atomic E-state index is 0.0696. The van der Waals surface area contributed by atoms with E-state index in [2.05, 4.69) is 5.43 Å². The summed E-state index contributed by atoms with van der Waals surface area (Å²) in [5.74, 6) is -2.92. The Labute approximate surface area is 186 Å². The van der Waals surface area contributed by atoms with Gasteiger partial charge in [0.15, 0.2) is 12.4 Å². The molecule has 7 nitrogen and oxygen atoms in total. The van der Waals surface area contributed by atoms with Crippen LogP contribution in [0.25, 0.3) is 0 Å². The zero-order chi connectivity index (χ0) is 21.8. The number of benzene rings is 2. The Hall–Kier alpha value is -2.61. The minimum atomic E-state index is -0.801. The smallest absolute Gasteiger partial charge is 0.311 e. The lowest BCUT2D eigenvalue weighted by molar-refractivity contribution is -0.147. The van der Waals surface area contributed by atoms with Crippen LogP contribution in [0.15, 0.2) is 42.5 Å². The van der Waals surface area contributed by atoms with Crippen LogP contribution in [0.3, 0.4) is 0 Å². The Kier molecular flexibility index (Phi) is 6.97. The molecule has 0 unspecified atom stereocenters. The summed E-state index contributed by atoms with van der Waals surface area (Å²) in [6, 6.07) is 10.5. The van der Waals surface area contributed by atoms with Crippen molar-refractivity contribution < 1.29 is 23.9 Å². The number of carbonyl (C=O) groups is 4. The van der Waals surface area contributed by atoms with Gasteiger partial charge in [-0.1, -0.05) is 34.8 Å². The number of carbonyl (C=O) groups excluding carboxylic acids is 4. The first-order valence-electron chi connectivity index (χ1n) is 8.76. The van der Waals surface area contributed by atoms with Gasteiger partial charge in [-0.2, -0.15) is 0 Å². The third kappa shape index (κ3) is 5.30. The van der Waals surface area contributed by atoms with Gasteiger partial charge < -0.3 is 4.74 Å². The molecule has 0 radical (unpaired) electrons. The number of hydrazine groups is 1. The van der Waals surface area contributed by atoms with Gasteiger partial charge >= 0.3 is 5.97 Å². The average molecular weight is 470 g/mol. The van der Waals surface area contributed by atoms with Gasteiger partial charge in [-0.25, -0.2) is 0 Å². The molecule has 0 bridgehead atoms. The molecule has 2 aromatic rings. The first-order chi connectivity index (χ1) is 14.2. The number of ketones is 1. The van der Waals surface area contributed by atoms with Gasteiger partial charge in [-0.3, -0.25) is 29.6 Å². The molecule has 0 spiro atoms. The summed E-state index contributed by atoms with van der Waals surface area (Å²) < 4.78 is 5.04. The zero-order valence-corrected chi connectivity index (χ0v) is 17.6. The predicted molar refractivity (Wildman–Crippen MR) is 110 cm³/mol. The molecule has 156 valence electrons. The van der Waals surface area contributed by atoms with Crippen LogP contribution in [0.5, 0.6) is 0 Å². The Balaban J connectivity index is 1.53. The van der Waals surface area contributed by atoms with Crippen molar-refractivity contribution in [2.24, 2.45) is 5.92 Å². The van der Waals surface area contributed by atoms with Crippen LogP contribution in [0, 0.1) is 5.92 Å². The summed E-state index contributed by atoms with van der Waals surface area (Å²) in [4.78, 5) is 48.8. The molecule has 0 aromatic heterocycles. The van der Waals surface area contributed by atoms with E-state index in [0.717, 1.165) is 5.01 Å². The summed E-state index contributed by atoms with van der Waals surface area (Å²) in [5, 5.41) is 2.01. The summed E-state index contributed by atoms with van der Waals surface area (Å²) in [7, 11) is 0. The van der Waals surface area contributed by atoms with Crippen LogP contribution >= 0.6 is 34.8 Å². The SMILES string of the molecule is O=C(COC(=O)[C@H]1CC(=O)N(NC(=O)c2ccc(Cl)c(Cl)c2)C1)c1ccc(Cl)cc1. The van der Waals surface area contributed by atoms with Crippen molar-refractivity contribution in [3.8, 4) is 0 Å². The van der Waals surface area contributed by atoms with Gasteiger partial charge in [0.05, 0.1) is 22.5 Å². The van der Waals surface area contributed by atoms with E-state index in [0.29, 0.717) is 15.6 Å². The van der Waals surface area contributed by atoms with Crippen molar-refractivity contribution >= 4 is 58.4 Å².